The topological polar surface area (TPSA) is 32.3 Å². The molecule has 0 radical (unpaired) electrons. The lowest BCUT2D eigenvalue weighted by atomic mass is 9.84. The lowest BCUT2D eigenvalue weighted by Crippen LogP contribution is -2.34. The molecular formula is C11H17NO. The average Bonchev–Trinajstić information content (AvgIpc) is 2.17. The van der Waals surface area contributed by atoms with E-state index in [1.165, 1.54) is 24.8 Å². The maximum Gasteiger partial charge on any atom is 0.0762 e. The van der Waals surface area contributed by atoms with E-state index in [9.17, 15) is 5.11 Å². The summed E-state index contributed by atoms with van der Waals surface area (Å²) >= 11 is 0. The van der Waals surface area contributed by atoms with Crippen molar-refractivity contribution in [2.45, 2.75) is 44.8 Å². The Bertz CT molecular complexity index is 253. The average molecular weight is 179 g/mol. The van der Waals surface area contributed by atoms with E-state index in [1.54, 1.807) is 0 Å². The largest absolute Gasteiger partial charge is 0.389 e. The maximum atomic E-state index is 9.58. The highest BCUT2D eigenvalue weighted by Crippen LogP contribution is 2.30. The standard InChI is InChI=1S/C11H17NO/c1-8(13)9-6-7-12-11-5-3-2-4-10(9)11/h6-8,11-13H,2-5H2,1H3. The molecule has 0 aromatic carbocycles. The van der Waals surface area contributed by atoms with Gasteiger partial charge in [0, 0.05) is 6.04 Å². The number of hydrogen-bond acceptors (Lipinski definition) is 2. The molecule has 0 saturated heterocycles. The molecule has 2 unspecified atom stereocenters. The Hall–Kier alpha value is -0.760. The fraction of sp³-hybridized carbons (Fsp3) is 0.636. The van der Waals surface area contributed by atoms with E-state index < -0.39 is 0 Å². The normalized spacial score (nSPS) is 29.5. The zero-order valence-corrected chi connectivity index (χ0v) is 8.09. The van der Waals surface area contributed by atoms with Gasteiger partial charge in [-0.05, 0) is 49.6 Å². The number of aliphatic hydroxyl groups is 1. The third kappa shape index (κ3) is 1.63. The van der Waals surface area contributed by atoms with Crippen molar-refractivity contribution in [1.29, 1.82) is 0 Å². The smallest absolute Gasteiger partial charge is 0.0762 e. The molecule has 2 heteroatoms. The van der Waals surface area contributed by atoms with Gasteiger partial charge in [0.1, 0.15) is 0 Å². The van der Waals surface area contributed by atoms with E-state index >= 15 is 0 Å². The van der Waals surface area contributed by atoms with Crippen molar-refractivity contribution in [3.8, 4) is 0 Å². The van der Waals surface area contributed by atoms with Crippen LogP contribution < -0.4 is 5.32 Å². The number of fused-ring (bicyclic) bond motifs is 1. The SMILES string of the molecule is CC(O)C1=C2CCCCC2NC=C1. The lowest BCUT2D eigenvalue weighted by Gasteiger charge is -2.31. The van der Waals surface area contributed by atoms with Gasteiger partial charge in [-0.1, -0.05) is 6.42 Å². The number of rotatable bonds is 1. The third-order valence-electron chi connectivity index (χ3n) is 2.99. The predicted octanol–water partition coefficient (Wildman–Crippen LogP) is 1.72. The predicted molar refractivity (Wildman–Crippen MR) is 53.2 cm³/mol. The molecule has 2 aliphatic rings. The van der Waals surface area contributed by atoms with E-state index in [0.717, 1.165) is 12.0 Å². The van der Waals surface area contributed by atoms with Crippen LogP contribution in [0, 0.1) is 0 Å². The minimum absolute atomic E-state index is 0.311. The van der Waals surface area contributed by atoms with Crippen LogP contribution in [0.2, 0.25) is 0 Å². The van der Waals surface area contributed by atoms with Gasteiger partial charge in [-0.3, -0.25) is 0 Å². The summed E-state index contributed by atoms with van der Waals surface area (Å²) in [6.07, 6.45) is 8.63. The lowest BCUT2D eigenvalue weighted by molar-refractivity contribution is 0.231. The Balaban J connectivity index is 2.28. The molecule has 1 aliphatic carbocycles. The summed E-state index contributed by atoms with van der Waals surface area (Å²) in [6.45, 7) is 1.85. The van der Waals surface area contributed by atoms with Gasteiger partial charge in [0.15, 0.2) is 0 Å². The van der Waals surface area contributed by atoms with Gasteiger partial charge in [-0.15, -0.1) is 0 Å². The van der Waals surface area contributed by atoms with E-state index in [4.69, 9.17) is 0 Å². The van der Waals surface area contributed by atoms with Crippen LogP contribution in [-0.2, 0) is 0 Å². The van der Waals surface area contributed by atoms with Crippen molar-refractivity contribution >= 4 is 0 Å². The van der Waals surface area contributed by atoms with E-state index in [1.807, 2.05) is 19.2 Å². The van der Waals surface area contributed by atoms with Crippen molar-refractivity contribution in [2.24, 2.45) is 0 Å². The van der Waals surface area contributed by atoms with Crippen LogP contribution in [0.5, 0.6) is 0 Å². The summed E-state index contributed by atoms with van der Waals surface area (Å²) < 4.78 is 0. The molecule has 0 aromatic rings. The molecular weight excluding hydrogens is 162 g/mol. The molecule has 0 spiro atoms. The molecule has 1 heterocycles. The highest BCUT2D eigenvalue weighted by atomic mass is 16.3. The molecule has 13 heavy (non-hydrogen) atoms. The molecule has 0 bridgehead atoms. The summed E-state index contributed by atoms with van der Waals surface area (Å²) in [6, 6.07) is 0.503. The van der Waals surface area contributed by atoms with Crippen molar-refractivity contribution < 1.29 is 5.11 Å². The Morgan fingerprint density at radius 1 is 1.54 bits per heavy atom. The van der Waals surface area contributed by atoms with Crippen LogP contribution in [0.25, 0.3) is 0 Å². The van der Waals surface area contributed by atoms with Crippen LogP contribution in [-0.4, -0.2) is 17.3 Å². The van der Waals surface area contributed by atoms with Crippen molar-refractivity contribution in [2.75, 3.05) is 0 Å². The second kappa shape index (κ2) is 3.54. The van der Waals surface area contributed by atoms with E-state index in [0.29, 0.717) is 6.04 Å². The first-order valence-electron chi connectivity index (χ1n) is 5.12. The summed E-state index contributed by atoms with van der Waals surface area (Å²) in [5, 5.41) is 12.9. The fourth-order valence-corrected chi connectivity index (χ4v) is 2.31. The second-order valence-electron chi connectivity index (χ2n) is 3.95. The summed E-state index contributed by atoms with van der Waals surface area (Å²) in [5.74, 6) is 0. The Morgan fingerprint density at radius 3 is 3.15 bits per heavy atom. The fourth-order valence-electron chi connectivity index (χ4n) is 2.31. The highest BCUT2D eigenvalue weighted by Gasteiger charge is 2.23. The molecule has 2 nitrogen and oxygen atoms in total. The van der Waals surface area contributed by atoms with E-state index in [2.05, 4.69) is 5.32 Å². The Morgan fingerprint density at radius 2 is 2.38 bits per heavy atom. The molecule has 2 atom stereocenters. The zero-order chi connectivity index (χ0) is 9.26. The van der Waals surface area contributed by atoms with Gasteiger partial charge in [-0.2, -0.15) is 0 Å². The van der Waals surface area contributed by atoms with Crippen LogP contribution in [0.1, 0.15) is 32.6 Å². The van der Waals surface area contributed by atoms with Gasteiger partial charge < -0.3 is 10.4 Å². The van der Waals surface area contributed by atoms with Crippen molar-refractivity contribution in [3.05, 3.63) is 23.4 Å². The minimum atomic E-state index is -0.311. The summed E-state index contributed by atoms with van der Waals surface area (Å²) in [4.78, 5) is 0. The zero-order valence-electron chi connectivity index (χ0n) is 8.09. The van der Waals surface area contributed by atoms with Crippen molar-refractivity contribution in [3.63, 3.8) is 0 Å². The molecule has 1 saturated carbocycles. The van der Waals surface area contributed by atoms with Crippen LogP contribution in [0.3, 0.4) is 0 Å². The monoisotopic (exact) mass is 179 g/mol. The first-order chi connectivity index (χ1) is 6.29. The Labute approximate surface area is 79.3 Å². The highest BCUT2D eigenvalue weighted by molar-refractivity contribution is 5.36. The molecule has 2 N–H and O–H groups in total. The van der Waals surface area contributed by atoms with Crippen LogP contribution >= 0.6 is 0 Å². The minimum Gasteiger partial charge on any atom is -0.389 e. The maximum absolute atomic E-state index is 9.58. The first-order valence-corrected chi connectivity index (χ1v) is 5.12. The number of dihydropyridines is 1. The molecule has 72 valence electrons. The Kier molecular flexibility index (Phi) is 2.40. The van der Waals surface area contributed by atoms with Gasteiger partial charge in [0.2, 0.25) is 0 Å². The van der Waals surface area contributed by atoms with Crippen LogP contribution in [0.15, 0.2) is 23.4 Å². The molecule has 2 rings (SSSR count). The number of aliphatic hydroxyl groups excluding tert-OH is 1. The molecule has 0 aromatic heterocycles. The first kappa shape index (κ1) is 8.82. The van der Waals surface area contributed by atoms with Gasteiger partial charge in [-0.25, -0.2) is 0 Å². The quantitative estimate of drug-likeness (QED) is 0.642. The number of hydrogen-bond donors (Lipinski definition) is 2. The molecule has 1 aliphatic heterocycles. The van der Waals surface area contributed by atoms with Crippen molar-refractivity contribution in [1.82, 2.24) is 5.32 Å². The second-order valence-corrected chi connectivity index (χ2v) is 3.95. The third-order valence-corrected chi connectivity index (χ3v) is 2.99. The van der Waals surface area contributed by atoms with Gasteiger partial charge in [0.25, 0.3) is 0 Å². The number of nitrogens with one attached hydrogen (secondary N) is 1. The summed E-state index contributed by atoms with van der Waals surface area (Å²) in [5.41, 5.74) is 2.58. The van der Waals surface area contributed by atoms with Gasteiger partial charge >= 0.3 is 0 Å². The van der Waals surface area contributed by atoms with Crippen LogP contribution in [0.4, 0.5) is 0 Å². The van der Waals surface area contributed by atoms with E-state index in [-0.39, 0.29) is 6.10 Å². The molecule has 1 fully saturated rings. The van der Waals surface area contributed by atoms with Gasteiger partial charge in [0.05, 0.1) is 6.10 Å². The molecule has 0 amide bonds. The summed E-state index contributed by atoms with van der Waals surface area (Å²) in [7, 11) is 0.